The van der Waals surface area contributed by atoms with Gasteiger partial charge in [-0.1, -0.05) is 26.8 Å². The number of carbonyl (C=O) groups excluding carboxylic acids is 2. The van der Waals surface area contributed by atoms with Crippen LogP contribution in [0.4, 0.5) is 5.69 Å². The number of aliphatic hydroxyl groups is 2. The molecule has 3 aromatic rings. The number of carbonyl (C=O) groups is 2. The maximum atomic E-state index is 13.5. The molecular formula is C31H45N3O6. The first-order valence-corrected chi connectivity index (χ1v) is 13.9. The number of rotatable bonds is 10. The lowest BCUT2D eigenvalue weighted by molar-refractivity contribution is -0.124. The minimum atomic E-state index is -1.03. The van der Waals surface area contributed by atoms with Gasteiger partial charge in [0.1, 0.15) is 0 Å². The van der Waals surface area contributed by atoms with Gasteiger partial charge in [-0.3, -0.25) is 9.59 Å². The molecule has 9 heteroatoms. The zero-order chi connectivity index (χ0) is 28.7. The molecule has 1 fully saturated rings. The van der Waals surface area contributed by atoms with E-state index < -0.39 is 11.0 Å². The number of aliphatic hydroxyl groups excluding tert-OH is 2. The second-order valence-corrected chi connectivity index (χ2v) is 12.3. The fraction of sp³-hybridized carbons (Fsp3) is 0.484. The van der Waals surface area contributed by atoms with Gasteiger partial charge in [0.2, 0.25) is 18.6 Å². The third-order valence-electron chi connectivity index (χ3n) is 7.96. The molecule has 0 atom stereocenters. The van der Waals surface area contributed by atoms with Crippen molar-refractivity contribution in [2.75, 3.05) is 25.3 Å². The second-order valence-electron chi connectivity index (χ2n) is 12.3. The molecule has 40 heavy (non-hydrogen) atoms. The van der Waals surface area contributed by atoms with E-state index >= 15 is 0 Å². The predicted molar refractivity (Wildman–Crippen MR) is 159 cm³/mol. The molecule has 0 bridgehead atoms. The summed E-state index contributed by atoms with van der Waals surface area (Å²) in [5.41, 5.74) is 2.15. The van der Waals surface area contributed by atoms with Crippen molar-refractivity contribution >= 4 is 28.4 Å². The van der Waals surface area contributed by atoms with Crippen LogP contribution in [0.25, 0.3) is 10.9 Å². The molecule has 1 aliphatic heterocycles. The number of aromatic nitrogens is 1. The molecule has 1 aliphatic carbocycles. The SMILES string of the molecule is CC(CO)(CO)NC(=O)CCCn1c(C(C)(C)C)cc2cc(NC(=O)C3(c4ccc5c(c4)OCO5)CC3)ccc21.[HH].[HH].[HH]. The zero-order valence-electron chi connectivity index (χ0n) is 23.7. The lowest BCUT2D eigenvalue weighted by Gasteiger charge is -2.26. The van der Waals surface area contributed by atoms with E-state index in [9.17, 15) is 19.8 Å². The number of amides is 2. The standard InChI is InChI=1S/C31H39N3O6.3H2/c1-29(2,3)26-15-20-14-22(8-9-23(20)34(26)13-5-6-27(37)33-30(4,17-35)18-36)32-28(38)31(11-12-31)21-7-10-24-25(16-21)40-19-39-24;;;/h7-10,14-16,35-36H,5-6,11-13,17-19H2,1-4H3,(H,32,38)(H,33,37);3*1H. The summed E-state index contributed by atoms with van der Waals surface area (Å²) in [5.74, 6) is 1.16. The summed E-state index contributed by atoms with van der Waals surface area (Å²) in [4.78, 5) is 25.9. The van der Waals surface area contributed by atoms with Crippen molar-refractivity contribution < 1.29 is 33.6 Å². The third-order valence-corrected chi connectivity index (χ3v) is 7.96. The maximum Gasteiger partial charge on any atom is 0.235 e. The molecule has 2 amide bonds. The van der Waals surface area contributed by atoms with E-state index in [1.165, 1.54) is 0 Å². The lowest BCUT2D eigenvalue weighted by atomic mass is 9.92. The Hall–Kier alpha value is -3.56. The molecule has 220 valence electrons. The molecule has 1 aromatic heterocycles. The summed E-state index contributed by atoms with van der Waals surface area (Å²) in [6, 6.07) is 13.9. The highest BCUT2D eigenvalue weighted by atomic mass is 16.7. The molecule has 2 aromatic carbocycles. The van der Waals surface area contributed by atoms with E-state index in [4.69, 9.17) is 9.47 Å². The van der Waals surface area contributed by atoms with Crippen LogP contribution in [0.3, 0.4) is 0 Å². The van der Waals surface area contributed by atoms with Gasteiger partial charge < -0.3 is 34.9 Å². The lowest BCUT2D eigenvalue weighted by Crippen LogP contribution is -2.51. The molecule has 0 spiro atoms. The number of anilines is 1. The largest absolute Gasteiger partial charge is 0.454 e. The summed E-state index contributed by atoms with van der Waals surface area (Å²) in [6.45, 7) is 8.25. The number of hydrogen-bond donors (Lipinski definition) is 4. The summed E-state index contributed by atoms with van der Waals surface area (Å²) >= 11 is 0. The third kappa shape index (κ3) is 5.40. The zero-order valence-corrected chi connectivity index (χ0v) is 23.7. The van der Waals surface area contributed by atoms with Crippen molar-refractivity contribution in [3.63, 3.8) is 0 Å². The second kappa shape index (κ2) is 10.4. The Kier molecular flexibility index (Phi) is 7.31. The van der Waals surface area contributed by atoms with E-state index in [1.807, 2.05) is 36.4 Å². The molecule has 0 saturated heterocycles. The smallest absolute Gasteiger partial charge is 0.235 e. The molecule has 2 heterocycles. The monoisotopic (exact) mass is 555 g/mol. The van der Waals surface area contributed by atoms with Gasteiger partial charge in [-0.15, -0.1) is 0 Å². The minimum absolute atomic E-state index is 0. The Bertz CT molecular complexity index is 1440. The topological polar surface area (TPSA) is 122 Å². The van der Waals surface area contributed by atoms with Crippen LogP contribution in [0.5, 0.6) is 11.5 Å². The fourth-order valence-electron chi connectivity index (χ4n) is 5.35. The van der Waals surface area contributed by atoms with E-state index in [1.54, 1.807) is 6.92 Å². The highest BCUT2D eigenvalue weighted by molar-refractivity contribution is 6.02. The van der Waals surface area contributed by atoms with Crippen molar-refractivity contribution in [1.82, 2.24) is 9.88 Å². The van der Waals surface area contributed by atoms with Crippen LogP contribution in [0.1, 0.15) is 68.9 Å². The summed E-state index contributed by atoms with van der Waals surface area (Å²) in [7, 11) is 0. The average Bonchev–Trinajstić information content (AvgIpc) is 3.45. The molecule has 4 N–H and O–H groups in total. The Labute approximate surface area is 238 Å². The summed E-state index contributed by atoms with van der Waals surface area (Å²) in [5, 5.41) is 25.8. The van der Waals surface area contributed by atoms with Gasteiger partial charge in [-0.25, -0.2) is 0 Å². The van der Waals surface area contributed by atoms with Gasteiger partial charge in [0.25, 0.3) is 0 Å². The van der Waals surface area contributed by atoms with Crippen LogP contribution in [0.15, 0.2) is 42.5 Å². The van der Waals surface area contributed by atoms with Crippen molar-refractivity contribution in [2.45, 2.75) is 76.3 Å². The van der Waals surface area contributed by atoms with Crippen LogP contribution in [0, 0.1) is 0 Å². The number of benzene rings is 2. The highest BCUT2D eigenvalue weighted by Crippen LogP contribution is 2.51. The van der Waals surface area contributed by atoms with Crippen LogP contribution in [-0.4, -0.2) is 52.1 Å². The predicted octanol–water partition coefficient (Wildman–Crippen LogP) is 4.72. The van der Waals surface area contributed by atoms with Crippen LogP contribution in [-0.2, 0) is 27.0 Å². The van der Waals surface area contributed by atoms with E-state index in [0.717, 1.165) is 40.7 Å². The first-order chi connectivity index (χ1) is 19.0. The van der Waals surface area contributed by atoms with Crippen molar-refractivity contribution in [3.05, 3.63) is 53.7 Å². The Balaban J connectivity index is 0.00000215. The molecule has 0 radical (unpaired) electrons. The van der Waals surface area contributed by atoms with Crippen LogP contribution < -0.4 is 20.1 Å². The average molecular weight is 556 g/mol. The van der Waals surface area contributed by atoms with E-state index in [0.29, 0.717) is 24.5 Å². The molecular weight excluding hydrogens is 510 g/mol. The van der Waals surface area contributed by atoms with Gasteiger partial charge in [-0.05, 0) is 68.1 Å². The van der Waals surface area contributed by atoms with Crippen LogP contribution >= 0.6 is 0 Å². The normalized spacial score (nSPS) is 15.8. The summed E-state index contributed by atoms with van der Waals surface area (Å²) < 4.78 is 13.2. The van der Waals surface area contributed by atoms with Gasteiger partial charge in [-0.2, -0.15) is 0 Å². The van der Waals surface area contributed by atoms with E-state index in [2.05, 4.69) is 42.0 Å². The van der Waals surface area contributed by atoms with Gasteiger partial charge >= 0.3 is 0 Å². The Morgan fingerprint density at radius 2 is 1.73 bits per heavy atom. The first-order valence-electron chi connectivity index (χ1n) is 13.9. The van der Waals surface area contributed by atoms with Crippen molar-refractivity contribution in [2.24, 2.45) is 0 Å². The maximum absolute atomic E-state index is 13.5. The number of hydrogen-bond acceptors (Lipinski definition) is 6. The number of ether oxygens (including phenoxy) is 2. The Morgan fingerprint density at radius 1 is 1.00 bits per heavy atom. The number of aryl methyl sites for hydroxylation is 1. The quantitative estimate of drug-likeness (QED) is 0.287. The number of nitrogens with one attached hydrogen (secondary N) is 2. The van der Waals surface area contributed by atoms with Crippen LogP contribution in [0.2, 0.25) is 0 Å². The number of fused-ring (bicyclic) bond motifs is 2. The molecule has 5 rings (SSSR count). The van der Waals surface area contributed by atoms with E-state index in [-0.39, 0.29) is 47.9 Å². The van der Waals surface area contributed by atoms with Gasteiger partial charge in [0, 0.05) is 44.9 Å². The van der Waals surface area contributed by atoms with Crippen molar-refractivity contribution in [1.29, 1.82) is 0 Å². The molecule has 2 aliphatic rings. The van der Waals surface area contributed by atoms with Crippen molar-refractivity contribution in [3.8, 4) is 11.5 Å². The Morgan fingerprint density at radius 3 is 2.40 bits per heavy atom. The molecule has 1 saturated carbocycles. The highest BCUT2D eigenvalue weighted by Gasteiger charge is 2.51. The first kappa shape index (κ1) is 28.0. The van der Waals surface area contributed by atoms with Gasteiger partial charge in [0.15, 0.2) is 11.5 Å². The number of nitrogens with zero attached hydrogens (tertiary/aromatic N) is 1. The molecule has 0 unspecified atom stereocenters. The fourth-order valence-corrected chi connectivity index (χ4v) is 5.35. The molecule has 9 nitrogen and oxygen atoms in total. The summed E-state index contributed by atoms with van der Waals surface area (Å²) in [6.07, 6.45) is 2.44. The van der Waals surface area contributed by atoms with Gasteiger partial charge in [0.05, 0.1) is 24.2 Å². The minimum Gasteiger partial charge on any atom is -0.454 e.